The highest BCUT2D eigenvalue weighted by Gasteiger charge is 2.08. The fraction of sp³-hybridized carbons (Fsp3) is 0.0588. The van der Waals surface area contributed by atoms with Crippen LogP contribution in [0.25, 0.3) is 6.08 Å². The molecule has 0 aliphatic carbocycles. The molecule has 0 radical (unpaired) electrons. The van der Waals surface area contributed by atoms with Gasteiger partial charge in [-0.05, 0) is 48.4 Å². The average Bonchev–Trinajstić information content (AvgIpc) is 3.13. The molecule has 0 aliphatic rings. The number of carbonyl (C=O) groups excluding carboxylic acids is 1. The number of nitrogens with one attached hydrogen (secondary N) is 1. The normalized spacial score (nSPS) is 11.6. The molecule has 0 bridgehead atoms. The van der Waals surface area contributed by atoms with E-state index < -0.39 is 0 Å². The molecule has 0 unspecified atom stereocenters. The zero-order valence-electron chi connectivity index (χ0n) is 12.9. The van der Waals surface area contributed by atoms with E-state index in [9.17, 15) is 4.79 Å². The number of hydrogen-bond acceptors (Lipinski definition) is 6. The van der Waals surface area contributed by atoms with Crippen molar-refractivity contribution in [2.24, 2.45) is 0 Å². The maximum atomic E-state index is 11.2. The molecule has 1 aromatic heterocycles. The monoisotopic (exact) mass is 376 g/mol. The Morgan fingerprint density at radius 3 is 2.71 bits per heavy atom. The van der Waals surface area contributed by atoms with E-state index in [0.717, 1.165) is 16.9 Å². The number of benzene rings is 1. The topological polar surface area (TPSA) is 45.5 Å². The Hall–Kier alpha value is -1.80. The standard InChI is InChI=1S/C17H16N2O2S3/c1-19(18-24-15-9-3-2-4-10-15)17(22)23-16(13-20)11-5-7-14-8-6-12-21-14/h2-13,18H,1H3/b7-5+,16-11+. The van der Waals surface area contributed by atoms with E-state index in [2.05, 4.69) is 4.83 Å². The minimum atomic E-state index is 0.515. The van der Waals surface area contributed by atoms with Crippen LogP contribution in [0.3, 0.4) is 0 Å². The van der Waals surface area contributed by atoms with Crippen molar-refractivity contribution in [1.82, 2.24) is 9.84 Å². The number of rotatable bonds is 7. The van der Waals surface area contributed by atoms with E-state index in [0.29, 0.717) is 9.23 Å². The summed E-state index contributed by atoms with van der Waals surface area (Å²) in [5, 5.41) is 1.70. The van der Waals surface area contributed by atoms with Crippen LogP contribution in [0.15, 0.2) is 75.1 Å². The summed E-state index contributed by atoms with van der Waals surface area (Å²) in [5.74, 6) is 0.724. The molecular weight excluding hydrogens is 360 g/mol. The summed E-state index contributed by atoms with van der Waals surface area (Å²) in [7, 11) is 1.81. The van der Waals surface area contributed by atoms with Crippen LogP contribution in [-0.2, 0) is 4.79 Å². The molecular formula is C17H16N2O2S3. The maximum Gasteiger partial charge on any atom is 0.156 e. The third kappa shape index (κ3) is 6.37. The molecule has 124 valence electrons. The van der Waals surface area contributed by atoms with Crippen LogP contribution >= 0.6 is 35.9 Å². The van der Waals surface area contributed by atoms with Crippen molar-refractivity contribution in [1.29, 1.82) is 0 Å². The molecule has 2 aromatic rings. The lowest BCUT2D eigenvalue weighted by molar-refractivity contribution is -0.104. The second kappa shape index (κ2) is 10.1. The number of allylic oxidation sites excluding steroid dienone is 3. The van der Waals surface area contributed by atoms with E-state index in [1.54, 1.807) is 35.6 Å². The fourth-order valence-corrected chi connectivity index (χ4v) is 3.19. The number of carbonyl (C=O) groups is 1. The first kappa shape index (κ1) is 18.5. The van der Waals surface area contributed by atoms with Gasteiger partial charge in [0.1, 0.15) is 5.76 Å². The van der Waals surface area contributed by atoms with Crippen LogP contribution in [0.5, 0.6) is 0 Å². The Bertz CT molecular complexity index is 713. The molecule has 1 N–H and O–H groups in total. The smallest absolute Gasteiger partial charge is 0.156 e. The highest BCUT2D eigenvalue weighted by atomic mass is 32.2. The first-order valence-electron chi connectivity index (χ1n) is 6.99. The molecule has 4 nitrogen and oxygen atoms in total. The minimum Gasteiger partial charge on any atom is -0.465 e. The van der Waals surface area contributed by atoms with Crippen LogP contribution in [0, 0.1) is 0 Å². The molecule has 24 heavy (non-hydrogen) atoms. The van der Waals surface area contributed by atoms with E-state index in [1.807, 2.05) is 43.4 Å². The molecule has 0 amide bonds. The predicted molar refractivity (Wildman–Crippen MR) is 105 cm³/mol. The summed E-state index contributed by atoms with van der Waals surface area (Å²) < 4.78 is 5.73. The highest BCUT2D eigenvalue weighted by molar-refractivity contribution is 8.25. The lowest BCUT2D eigenvalue weighted by atomic mass is 10.4. The lowest BCUT2D eigenvalue weighted by Crippen LogP contribution is -2.32. The molecule has 0 saturated carbocycles. The van der Waals surface area contributed by atoms with E-state index in [4.69, 9.17) is 16.6 Å². The van der Waals surface area contributed by atoms with Gasteiger partial charge in [0, 0.05) is 11.9 Å². The number of thiocarbonyl (C=S) groups is 1. The van der Waals surface area contributed by atoms with Crippen molar-refractivity contribution >= 4 is 52.6 Å². The highest BCUT2D eigenvalue weighted by Crippen LogP contribution is 2.20. The molecule has 0 fully saturated rings. The Kier molecular flexibility index (Phi) is 7.84. The molecule has 0 atom stereocenters. The molecule has 2 rings (SSSR count). The van der Waals surface area contributed by atoms with Gasteiger partial charge in [-0.2, -0.15) is 4.83 Å². The van der Waals surface area contributed by atoms with E-state index in [-0.39, 0.29) is 0 Å². The van der Waals surface area contributed by atoms with Crippen molar-refractivity contribution in [3.05, 3.63) is 71.5 Å². The van der Waals surface area contributed by atoms with Gasteiger partial charge in [0.2, 0.25) is 0 Å². The van der Waals surface area contributed by atoms with Gasteiger partial charge in [0.25, 0.3) is 0 Å². The summed E-state index contributed by atoms with van der Waals surface area (Å²) in [6.45, 7) is 0. The van der Waals surface area contributed by atoms with Gasteiger partial charge < -0.3 is 4.42 Å². The average molecular weight is 377 g/mol. The van der Waals surface area contributed by atoms with Crippen LogP contribution in [0.1, 0.15) is 5.76 Å². The van der Waals surface area contributed by atoms with E-state index in [1.165, 1.54) is 23.7 Å². The first-order chi connectivity index (χ1) is 11.7. The molecule has 1 aromatic carbocycles. The Morgan fingerprint density at radius 2 is 2.04 bits per heavy atom. The molecule has 0 saturated heterocycles. The molecule has 0 spiro atoms. The van der Waals surface area contributed by atoms with Crippen LogP contribution in [0.2, 0.25) is 0 Å². The quantitative estimate of drug-likeness (QED) is 0.190. The van der Waals surface area contributed by atoms with Crippen molar-refractivity contribution < 1.29 is 9.21 Å². The van der Waals surface area contributed by atoms with Crippen molar-refractivity contribution in [2.75, 3.05) is 7.05 Å². The lowest BCUT2D eigenvalue weighted by Gasteiger charge is -2.19. The minimum absolute atomic E-state index is 0.515. The molecule has 7 heteroatoms. The number of thioether (sulfide) groups is 1. The molecule has 1 heterocycles. The van der Waals surface area contributed by atoms with Gasteiger partial charge in [-0.1, -0.05) is 48.3 Å². The third-order valence-corrected chi connectivity index (χ3v) is 5.02. The summed E-state index contributed by atoms with van der Waals surface area (Å²) in [6.07, 6.45) is 7.61. The van der Waals surface area contributed by atoms with Crippen molar-refractivity contribution in [3.8, 4) is 0 Å². The second-order valence-corrected chi connectivity index (χ2v) is 7.06. The Labute approximate surface area is 155 Å². The van der Waals surface area contributed by atoms with Gasteiger partial charge in [-0.3, -0.25) is 9.80 Å². The van der Waals surface area contributed by atoms with Gasteiger partial charge in [-0.15, -0.1) is 0 Å². The number of aldehydes is 1. The van der Waals surface area contributed by atoms with Gasteiger partial charge in [0.15, 0.2) is 10.6 Å². The summed E-state index contributed by atoms with van der Waals surface area (Å²) >= 11 is 8.00. The fourth-order valence-electron chi connectivity index (χ4n) is 1.54. The third-order valence-electron chi connectivity index (χ3n) is 2.70. The Morgan fingerprint density at radius 1 is 1.25 bits per heavy atom. The van der Waals surface area contributed by atoms with Crippen LogP contribution in [-0.4, -0.2) is 22.7 Å². The predicted octanol–water partition coefficient (Wildman–Crippen LogP) is 4.54. The van der Waals surface area contributed by atoms with Crippen molar-refractivity contribution in [2.45, 2.75) is 4.90 Å². The summed E-state index contributed by atoms with van der Waals surface area (Å²) in [5.41, 5.74) is 0. The van der Waals surface area contributed by atoms with Gasteiger partial charge >= 0.3 is 0 Å². The number of hydrogen-bond donors (Lipinski definition) is 1. The number of furan rings is 1. The summed E-state index contributed by atoms with van der Waals surface area (Å²) in [4.78, 5) is 15.9. The van der Waals surface area contributed by atoms with Gasteiger partial charge in [-0.25, -0.2) is 0 Å². The maximum absolute atomic E-state index is 11.2. The molecule has 0 aliphatic heterocycles. The van der Waals surface area contributed by atoms with Crippen LogP contribution < -0.4 is 4.83 Å². The number of hydrazine groups is 1. The second-order valence-electron chi connectivity index (χ2n) is 4.49. The van der Waals surface area contributed by atoms with Gasteiger partial charge in [0.05, 0.1) is 11.2 Å². The zero-order chi connectivity index (χ0) is 17.2. The number of nitrogens with zero attached hydrogens (tertiary/aromatic N) is 1. The SMILES string of the molecule is CN(NSc1ccccc1)C(=S)S/C(C=O)=C/C=C/c1ccco1. The van der Waals surface area contributed by atoms with Crippen LogP contribution in [0.4, 0.5) is 0 Å². The van der Waals surface area contributed by atoms with Crippen molar-refractivity contribution in [3.63, 3.8) is 0 Å². The van der Waals surface area contributed by atoms with E-state index >= 15 is 0 Å². The summed E-state index contributed by atoms with van der Waals surface area (Å²) in [6, 6.07) is 13.5. The Balaban J connectivity index is 1.85. The first-order valence-corrected chi connectivity index (χ1v) is 9.03. The largest absolute Gasteiger partial charge is 0.465 e. The zero-order valence-corrected chi connectivity index (χ0v) is 15.4.